The molecule has 106 valence electrons. The maximum absolute atomic E-state index is 12.5. The molecule has 0 atom stereocenters. The van der Waals surface area contributed by atoms with Crippen LogP contribution in [0.1, 0.15) is 55.5 Å². The predicted octanol–water partition coefficient (Wildman–Crippen LogP) is 3.74. The average molecular weight is 263 g/mol. The molecule has 0 saturated heterocycles. The summed E-state index contributed by atoms with van der Waals surface area (Å²) in [7, 11) is 0. The summed E-state index contributed by atoms with van der Waals surface area (Å²) in [4.78, 5) is 14.4. The molecule has 1 amide bonds. The van der Waals surface area contributed by atoms with Crippen LogP contribution in [-0.2, 0) is 0 Å². The molecule has 0 aliphatic heterocycles. The van der Waals surface area contributed by atoms with Gasteiger partial charge in [-0.25, -0.2) is 0 Å². The molecule has 19 heavy (non-hydrogen) atoms. The van der Waals surface area contributed by atoms with Crippen LogP contribution in [0.5, 0.6) is 5.75 Å². The van der Waals surface area contributed by atoms with E-state index in [1.165, 1.54) is 0 Å². The van der Waals surface area contributed by atoms with Gasteiger partial charge in [-0.05, 0) is 43.5 Å². The summed E-state index contributed by atoms with van der Waals surface area (Å²) in [6, 6.07) is 5.07. The van der Waals surface area contributed by atoms with Crippen molar-refractivity contribution in [2.75, 3.05) is 13.1 Å². The molecular weight excluding hydrogens is 238 g/mol. The minimum atomic E-state index is 0.0741. The van der Waals surface area contributed by atoms with Gasteiger partial charge in [-0.3, -0.25) is 4.79 Å². The molecule has 3 nitrogen and oxygen atoms in total. The fraction of sp³-hybridized carbons (Fsp3) is 0.562. The largest absolute Gasteiger partial charge is 0.508 e. The number of benzene rings is 1. The Balaban J connectivity index is 2.81. The fourth-order valence-electron chi connectivity index (χ4n) is 1.98. The summed E-state index contributed by atoms with van der Waals surface area (Å²) in [6.07, 6.45) is 4.24. The highest BCUT2D eigenvalue weighted by atomic mass is 16.3. The van der Waals surface area contributed by atoms with Crippen LogP contribution >= 0.6 is 0 Å². The first-order valence-corrected chi connectivity index (χ1v) is 7.19. The van der Waals surface area contributed by atoms with Gasteiger partial charge in [0.25, 0.3) is 5.91 Å². The van der Waals surface area contributed by atoms with Crippen molar-refractivity contribution < 1.29 is 9.90 Å². The quantitative estimate of drug-likeness (QED) is 0.814. The van der Waals surface area contributed by atoms with Gasteiger partial charge in [0.15, 0.2) is 0 Å². The number of rotatable bonds is 7. The topological polar surface area (TPSA) is 40.5 Å². The van der Waals surface area contributed by atoms with Gasteiger partial charge < -0.3 is 10.0 Å². The second kappa shape index (κ2) is 7.82. The SMILES string of the molecule is CCCCN(CCCC)C(=O)c1ccc(O)c(C)c1. The van der Waals surface area contributed by atoms with Crippen molar-refractivity contribution in [2.24, 2.45) is 0 Å². The third-order valence-electron chi connectivity index (χ3n) is 3.29. The van der Waals surface area contributed by atoms with Gasteiger partial charge in [-0.1, -0.05) is 26.7 Å². The molecule has 3 heteroatoms. The molecule has 0 bridgehead atoms. The number of hydrogen-bond acceptors (Lipinski definition) is 2. The van der Waals surface area contributed by atoms with Gasteiger partial charge in [0, 0.05) is 18.7 Å². The maximum atomic E-state index is 12.5. The van der Waals surface area contributed by atoms with Crippen molar-refractivity contribution in [3.63, 3.8) is 0 Å². The zero-order valence-corrected chi connectivity index (χ0v) is 12.3. The van der Waals surface area contributed by atoms with Gasteiger partial charge in [0.05, 0.1) is 0 Å². The molecule has 1 aromatic carbocycles. The molecule has 0 saturated carbocycles. The third-order valence-corrected chi connectivity index (χ3v) is 3.29. The Labute approximate surface area is 116 Å². The van der Waals surface area contributed by atoms with Crippen LogP contribution in [0.4, 0.5) is 0 Å². The lowest BCUT2D eigenvalue weighted by Gasteiger charge is -2.22. The van der Waals surface area contributed by atoms with Gasteiger partial charge in [0.2, 0.25) is 0 Å². The van der Waals surface area contributed by atoms with E-state index in [0.717, 1.165) is 44.3 Å². The van der Waals surface area contributed by atoms with E-state index in [4.69, 9.17) is 0 Å². The Kier molecular flexibility index (Phi) is 6.40. The van der Waals surface area contributed by atoms with Gasteiger partial charge in [-0.15, -0.1) is 0 Å². The summed E-state index contributed by atoms with van der Waals surface area (Å²) >= 11 is 0. The molecule has 0 aliphatic rings. The number of nitrogens with zero attached hydrogens (tertiary/aromatic N) is 1. The monoisotopic (exact) mass is 263 g/mol. The molecule has 0 aromatic heterocycles. The molecule has 1 N–H and O–H groups in total. The lowest BCUT2D eigenvalue weighted by molar-refractivity contribution is 0.0751. The number of carbonyl (C=O) groups excluding carboxylic acids is 1. The van der Waals surface area contributed by atoms with Gasteiger partial charge >= 0.3 is 0 Å². The standard InChI is InChI=1S/C16H25NO2/c1-4-6-10-17(11-7-5-2)16(19)14-8-9-15(18)13(3)12-14/h8-9,12,18H,4-7,10-11H2,1-3H3. The summed E-state index contributed by atoms with van der Waals surface area (Å²) in [5, 5.41) is 9.52. The van der Waals surface area contributed by atoms with E-state index in [-0.39, 0.29) is 11.7 Å². The second-order valence-corrected chi connectivity index (χ2v) is 5.00. The minimum Gasteiger partial charge on any atom is -0.508 e. The molecule has 1 aromatic rings. The maximum Gasteiger partial charge on any atom is 0.253 e. The van der Waals surface area contributed by atoms with Gasteiger partial charge in [0.1, 0.15) is 5.75 Å². The van der Waals surface area contributed by atoms with Crippen LogP contribution in [0.2, 0.25) is 0 Å². The fourth-order valence-corrected chi connectivity index (χ4v) is 1.98. The van der Waals surface area contributed by atoms with Crippen molar-refractivity contribution >= 4 is 5.91 Å². The molecule has 0 aliphatic carbocycles. The number of aromatic hydroxyl groups is 1. The highest BCUT2D eigenvalue weighted by Gasteiger charge is 2.15. The molecule has 0 heterocycles. The Morgan fingerprint density at radius 1 is 1.16 bits per heavy atom. The Bertz CT molecular complexity index is 407. The lowest BCUT2D eigenvalue weighted by atomic mass is 10.1. The summed E-state index contributed by atoms with van der Waals surface area (Å²) in [5.74, 6) is 0.315. The van der Waals surface area contributed by atoms with Crippen LogP contribution in [0.25, 0.3) is 0 Å². The first-order valence-electron chi connectivity index (χ1n) is 7.19. The summed E-state index contributed by atoms with van der Waals surface area (Å²) in [6.45, 7) is 7.71. The van der Waals surface area contributed by atoms with Crippen LogP contribution < -0.4 is 0 Å². The molecule has 0 unspecified atom stereocenters. The Morgan fingerprint density at radius 3 is 2.21 bits per heavy atom. The van der Waals surface area contributed by atoms with E-state index in [1.807, 2.05) is 11.8 Å². The van der Waals surface area contributed by atoms with Crippen LogP contribution in [0.3, 0.4) is 0 Å². The Morgan fingerprint density at radius 2 is 1.74 bits per heavy atom. The van der Waals surface area contributed by atoms with Crippen molar-refractivity contribution in [3.05, 3.63) is 29.3 Å². The molecule has 0 radical (unpaired) electrons. The molecular formula is C16H25NO2. The van der Waals surface area contributed by atoms with E-state index in [2.05, 4.69) is 13.8 Å². The van der Waals surface area contributed by atoms with Crippen LogP contribution in [-0.4, -0.2) is 29.0 Å². The Hall–Kier alpha value is -1.51. The zero-order valence-electron chi connectivity index (χ0n) is 12.3. The van der Waals surface area contributed by atoms with E-state index >= 15 is 0 Å². The second-order valence-electron chi connectivity index (χ2n) is 5.00. The third kappa shape index (κ3) is 4.58. The number of carbonyl (C=O) groups is 1. The van der Waals surface area contributed by atoms with E-state index in [9.17, 15) is 9.90 Å². The zero-order chi connectivity index (χ0) is 14.3. The first kappa shape index (κ1) is 15.5. The molecule has 1 rings (SSSR count). The van der Waals surface area contributed by atoms with Crippen molar-refractivity contribution in [2.45, 2.75) is 46.5 Å². The molecule has 0 spiro atoms. The summed E-state index contributed by atoms with van der Waals surface area (Å²) in [5.41, 5.74) is 1.42. The van der Waals surface area contributed by atoms with Gasteiger partial charge in [-0.2, -0.15) is 0 Å². The number of aryl methyl sites for hydroxylation is 1. The van der Waals surface area contributed by atoms with Crippen molar-refractivity contribution in [1.29, 1.82) is 0 Å². The normalized spacial score (nSPS) is 10.5. The van der Waals surface area contributed by atoms with E-state index in [0.29, 0.717) is 5.56 Å². The van der Waals surface area contributed by atoms with Crippen LogP contribution in [0, 0.1) is 6.92 Å². The van der Waals surface area contributed by atoms with E-state index in [1.54, 1.807) is 18.2 Å². The number of amides is 1. The average Bonchev–Trinajstić information content (AvgIpc) is 2.41. The summed E-state index contributed by atoms with van der Waals surface area (Å²) < 4.78 is 0. The number of phenolic OH excluding ortho intramolecular Hbond substituents is 1. The predicted molar refractivity (Wildman–Crippen MR) is 78.6 cm³/mol. The highest BCUT2D eigenvalue weighted by molar-refractivity contribution is 5.94. The number of unbranched alkanes of at least 4 members (excludes halogenated alkanes) is 2. The van der Waals surface area contributed by atoms with Crippen LogP contribution in [0.15, 0.2) is 18.2 Å². The minimum absolute atomic E-state index is 0.0741. The highest BCUT2D eigenvalue weighted by Crippen LogP contribution is 2.18. The first-order chi connectivity index (χ1) is 9.10. The van der Waals surface area contributed by atoms with E-state index < -0.39 is 0 Å². The lowest BCUT2D eigenvalue weighted by Crippen LogP contribution is -2.33. The van der Waals surface area contributed by atoms with Crippen molar-refractivity contribution in [3.8, 4) is 5.75 Å². The van der Waals surface area contributed by atoms with Crippen molar-refractivity contribution in [1.82, 2.24) is 4.90 Å². The smallest absolute Gasteiger partial charge is 0.253 e. The molecule has 0 fully saturated rings. The number of hydrogen-bond donors (Lipinski definition) is 1. The number of phenols is 1.